The Bertz CT molecular complexity index is 1060. The number of ether oxygens (including phenoxy) is 2. The maximum absolute atomic E-state index is 14.6. The van der Waals surface area contributed by atoms with E-state index in [2.05, 4.69) is 49.0 Å². The lowest BCUT2D eigenvalue weighted by Crippen LogP contribution is -2.27. The fourth-order valence-electron chi connectivity index (χ4n) is 4.05. The van der Waals surface area contributed by atoms with E-state index in [4.69, 9.17) is 9.47 Å². The van der Waals surface area contributed by atoms with Gasteiger partial charge in [0.05, 0.1) is 48.4 Å². The summed E-state index contributed by atoms with van der Waals surface area (Å²) in [6.07, 6.45) is 6.49. The lowest BCUT2D eigenvalue weighted by atomic mass is 9.96. The minimum absolute atomic E-state index is 0.178. The van der Waals surface area contributed by atoms with Crippen molar-refractivity contribution in [3.8, 4) is 11.4 Å². The normalized spacial score (nSPS) is 18.4. The van der Waals surface area contributed by atoms with Crippen LogP contribution in [0.1, 0.15) is 44.1 Å². The van der Waals surface area contributed by atoms with Crippen molar-refractivity contribution in [1.29, 1.82) is 0 Å². The molecule has 10 heteroatoms. The van der Waals surface area contributed by atoms with Gasteiger partial charge in [-0.3, -0.25) is 9.88 Å². The fourth-order valence-corrected chi connectivity index (χ4v) is 4.05. The molecular formula is C24H32FN7O2. The maximum atomic E-state index is 14.6. The molecule has 4 rings (SSSR count). The van der Waals surface area contributed by atoms with Gasteiger partial charge >= 0.3 is 0 Å². The van der Waals surface area contributed by atoms with Crippen molar-refractivity contribution >= 4 is 11.6 Å². The summed E-state index contributed by atoms with van der Waals surface area (Å²) in [6.45, 7) is 8.07. The van der Waals surface area contributed by atoms with E-state index in [9.17, 15) is 4.39 Å². The number of nitrogens with zero attached hydrogens (tertiary/aromatic N) is 5. The van der Waals surface area contributed by atoms with Gasteiger partial charge in [-0.1, -0.05) is 6.92 Å². The van der Waals surface area contributed by atoms with E-state index < -0.39 is 5.82 Å². The van der Waals surface area contributed by atoms with Gasteiger partial charge in [-0.25, -0.2) is 19.3 Å². The number of methoxy groups -OCH3 is 1. The third-order valence-electron chi connectivity index (χ3n) is 5.99. The summed E-state index contributed by atoms with van der Waals surface area (Å²) in [7, 11) is 1.70. The number of H-pyrrole nitrogens is 1. The standard InChI is InChI=1S/C24H32FN7O2/c1-4-32(8-10-33-3)15-19-6-5-18(12-26-19)29-24-28-13-20(25)22(31-24)21-14-27-23(30-21)17-7-9-34-16(2)11-17/h5-6,12-14,16-17H,4,7-11,15H2,1-3H3,(H,27,30)(H,28,29,31). The number of pyridine rings is 1. The molecule has 1 saturated heterocycles. The summed E-state index contributed by atoms with van der Waals surface area (Å²) in [5.74, 6) is 0.883. The highest BCUT2D eigenvalue weighted by molar-refractivity contribution is 5.59. The van der Waals surface area contributed by atoms with Crippen LogP contribution in [0.15, 0.2) is 30.7 Å². The van der Waals surface area contributed by atoms with Crippen molar-refractivity contribution in [2.75, 3.05) is 38.7 Å². The molecule has 1 fully saturated rings. The Labute approximate surface area is 199 Å². The van der Waals surface area contributed by atoms with E-state index >= 15 is 0 Å². The first-order valence-electron chi connectivity index (χ1n) is 11.7. The molecule has 2 unspecified atom stereocenters. The highest BCUT2D eigenvalue weighted by Gasteiger charge is 2.24. The second-order valence-electron chi connectivity index (χ2n) is 8.50. The van der Waals surface area contributed by atoms with Gasteiger partial charge in [0.1, 0.15) is 11.5 Å². The van der Waals surface area contributed by atoms with E-state index in [1.807, 2.05) is 12.1 Å². The van der Waals surface area contributed by atoms with Gasteiger partial charge in [-0.15, -0.1) is 0 Å². The second-order valence-corrected chi connectivity index (χ2v) is 8.50. The van der Waals surface area contributed by atoms with Crippen molar-refractivity contribution in [3.05, 3.63) is 48.1 Å². The summed E-state index contributed by atoms with van der Waals surface area (Å²) in [5.41, 5.74) is 2.39. The molecular weight excluding hydrogens is 437 g/mol. The predicted molar refractivity (Wildman–Crippen MR) is 127 cm³/mol. The lowest BCUT2D eigenvalue weighted by molar-refractivity contribution is 0.0174. The number of imidazole rings is 1. The van der Waals surface area contributed by atoms with Gasteiger partial charge in [-0.2, -0.15) is 0 Å². The molecule has 3 aromatic heterocycles. The lowest BCUT2D eigenvalue weighted by Gasteiger charge is -2.25. The SMILES string of the molecule is CCN(CCOC)Cc1ccc(Nc2ncc(F)c(-c3cnc(C4CCOC(C)C4)[nH]3)n2)cn1. The third-order valence-corrected chi connectivity index (χ3v) is 5.99. The first kappa shape index (κ1) is 24.2. The molecule has 1 aliphatic heterocycles. The van der Waals surface area contributed by atoms with Crippen molar-refractivity contribution in [2.24, 2.45) is 0 Å². The molecule has 0 amide bonds. The molecule has 182 valence electrons. The molecule has 0 aromatic carbocycles. The molecule has 34 heavy (non-hydrogen) atoms. The largest absolute Gasteiger partial charge is 0.383 e. The minimum atomic E-state index is -0.509. The van der Waals surface area contributed by atoms with Crippen LogP contribution in [0.3, 0.4) is 0 Å². The second kappa shape index (κ2) is 11.5. The monoisotopic (exact) mass is 469 g/mol. The quantitative estimate of drug-likeness (QED) is 0.461. The van der Waals surface area contributed by atoms with Gasteiger partial charge < -0.3 is 19.8 Å². The van der Waals surface area contributed by atoms with Crippen LogP contribution in [0.4, 0.5) is 16.0 Å². The van der Waals surface area contributed by atoms with E-state index in [-0.39, 0.29) is 23.7 Å². The topological polar surface area (TPSA) is 101 Å². The van der Waals surface area contributed by atoms with Gasteiger partial charge in [0.15, 0.2) is 5.82 Å². The van der Waals surface area contributed by atoms with Gasteiger partial charge in [-0.05, 0) is 38.4 Å². The summed E-state index contributed by atoms with van der Waals surface area (Å²) in [6, 6.07) is 3.87. The number of aromatic amines is 1. The first-order chi connectivity index (χ1) is 16.6. The van der Waals surface area contributed by atoms with Crippen LogP contribution in [0.5, 0.6) is 0 Å². The van der Waals surface area contributed by atoms with E-state index in [0.29, 0.717) is 18.9 Å². The van der Waals surface area contributed by atoms with Crippen molar-refractivity contribution in [3.63, 3.8) is 0 Å². The maximum Gasteiger partial charge on any atom is 0.228 e. The molecule has 9 nitrogen and oxygen atoms in total. The zero-order chi connectivity index (χ0) is 23.9. The number of hydrogen-bond acceptors (Lipinski definition) is 8. The molecule has 0 aliphatic carbocycles. The Balaban J connectivity index is 1.43. The van der Waals surface area contributed by atoms with Crippen LogP contribution < -0.4 is 5.32 Å². The van der Waals surface area contributed by atoms with Gasteiger partial charge in [0.2, 0.25) is 5.95 Å². The van der Waals surface area contributed by atoms with Gasteiger partial charge in [0.25, 0.3) is 0 Å². The van der Waals surface area contributed by atoms with Crippen LogP contribution in [0.2, 0.25) is 0 Å². The minimum Gasteiger partial charge on any atom is -0.383 e. The summed E-state index contributed by atoms with van der Waals surface area (Å²) in [5, 5.41) is 3.11. The Morgan fingerprint density at radius 1 is 1.24 bits per heavy atom. The summed E-state index contributed by atoms with van der Waals surface area (Å²) in [4.78, 5) is 23.0. The van der Waals surface area contributed by atoms with Crippen molar-refractivity contribution in [2.45, 2.75) is 45.3 Å². The number of nitrogens with one attached hydrogen (secondary N) is 2. The average molecular weight is 470 g/mol. The Kier molecular flexibility index (Phi) is 8.15. The molecule has 0 radical (unpaired) electrons. The van der Waals surface area contributed by atoms with Crippen LogP contribution in [-0.4, -0.2) is 69.3 Å². The fraction of sp³-hybridized carbons (Fsp3) is 0.500. The zero-order valence-corrected chi connectivity index (χ0v) is 19.9. The van der Waals surface area contributed by atoms with E-state index in [1.54, 1.807) is 19.5 Å². The predicted octanol–water partition coefficient (Wildman–Crippen LogP) is 3.90. The average Bonchev–Trinajstić information content (AvgIpc) is 3.34. The molecule has 0 saturated carbocycles. The Morgan fingerprint density at radius 2 is 2.12 bits per heavy atom. The number of anilines is 2. The number of aromatic nitrogens is 5. The van der Waals surface area contributed by atoms with Crippen LogP contribution in [0.25, 0.3) is 11.4 Å². The first-order valence-corrected chi connectivity index (χ1v) is 11.7. The number of hydrogen-bond donors (Lipinski definition) is 2. The zero-order valence-electron chi connectivity index (χ0n) is 19.9. The Morgan fingerprint density at radius 3 is 2.85 bits per heavy atom. The molecule has 1 aliphatic rings. The number of likely N-dealkylation sites (N-methyl/N-ethyl adjacent to an activating group) is 1. The van der Waals surface area contributed by atoms with Gasteiger partial charge in [0, 0.05) is 32.7 Å². The smallest absolute Gasteiger partial charge is 0.228 e. The molecule has 3 aromatic rings. The molecule has 0 spiro atoms. The highest BCUT2D eigenvalue weighted by Crippen LogP contribution is 2.30. The van der Waals surface area contributed by atoms with Crippen LogP contribution in [-0.2, 0) is 16.0 Å². The number of rotatable bonds is 10. The van der Waals surface area contributed by atoms with E-state index in [1.165, 1.54) is 6.20 Å². The highest BCUT2D eigenvalue weighted by atomic mass is 19.1. The molecule has 2 atom stereocenters. The number of halogens is 1. The molecule has 4 heterocycles. The summed E-state index contributed by atoms with van der Waals surface area (Å²) >= 11 is 0. The molecule has 0 bridgehead atoms. The van der Waals surface area contributed by atoms with Crippen LogP contribution in [0, 0.1) is 5.82 Å². The van der Waals surface area contributed by atoms with Crippen molar-refractivity contribution in [1.82, 2.24) is 29.8 Å². The molecule has 2 N–H and O–H groups in total. The third kappa shape index (κ3) is 6.13. The van der Waals surface area contributed by atoms with Crippen molar-refractivity contribution < 1.29 is 13.9 Å². The van der Waals surface area contributed by atoms with Crippen LogP contribution >= 0.6 is 0 Å². The van der Waals surface area contributed by atoms with E-state index in [0.717, 1.165) is 49.7 Å². The summed E-state index contributed by atoms with van der Waals surface area (Å²) < 4.78 is 25.3. The Hall–Kier alpha value is -2.95.